The van der Waals surface area contributed by atoms with Crippen LogP contribution in [0.2, 0.25) is 0 Å². The largest absolute Gasteiger partial charge is 0.323 e. The standard InChI is InChI=1S/C23H35N3S2/c1-2-19(24-15-17-25(18-16-24)20-9-4-3-5-10-20)11-8-14-26-21-12-6-7-13-22(21)28-23(26)27/h6-7,12-13,19-20H,2-5,8-11,14-18H2,1H3. The van der Waals surface area contributed by atoms with Crippen molar-refractivity contribution in [2.24, 2.45) is 0 Å². The summed E-state index contributed by atoms with van der Waals surface area (Å²) in [5, 5.41) is 0. The second-order valence-electron chi connectivity index (χ2n) is 8.56. The number of benzene rings is 1. The molecule has 1 aliphatic heterocycles. The molecule has 2 heterocycles. The number of hydrogen-bond acceptors (Lipinski definition) is 4. The van der Waals surface area contributed by atoms with E-state index in [-0.39, 0.29) is 0 Å². The van der Waals surface area contributed by atoms with Gasteiger partial charge in [-0.2, -0.15) is 0 Å². The first-order chi connectivity index (χ1) is 13.8. The van der Waals surface area contributed by atoms with Gasteiger partial charge in [-0.15, -0.1) is 11.3 Å². The molecule has 1 unspecified atom stereocenters. The summed E-state index contributed by atoms with van der Waals surface area (Å²) in [5.41, 5.74) is 1.31. The first-order valence-corrected chi connectivity index (χ1v) is 12.5. The molecule has 2 aromatic rings. The monoisotopic (exact) mass is 417 g/mol. The zero-order valence-electron chi connectivity index (χ0n) is 17.3. The predicted molar refractivity (Wildman–Crippen MR) is 124 cm³/mol. The van der Waals surface area contributed by atoms with Crippen LogP contribution in [0.3, 0.4) is 0 Å². The Morgan fingerprint density at radius 1 is 1.07 bits per heavy atom. The van der Waals surface area contributed by atoms with Crippen molar-refractivity contribution in [2.75, 3.05) is 26.2 Å². The Morgan fingerprint density at radius 2 is 1.82 bits per heavy atom. The third-order valence-corrected chi connectivity index (χ3v) is 8.35. The Balaban J connectivity index is 1.28. The first-order valence-electron chi connectivity index (χ1n) is 11.3. The minimum absolute atomic E-state index is 0.729. The Kier molecular flexibility index (Phi) is 7.21. The number of rotatable bonds is 7. The van der Waals surface area contributed by atoms with Crippen molar-refractivity contribution in [3.05, 3.63) is 28.2 Å². The van der Waals surface area contributed by atoms with E-state index in [1.807, 2.05) is 0 Å². The highest BCUT2D eigenvalue weighted by Crippen LogP contribution is 2.26. The van der Waals surface area contributed by atoms with Crippen LogP contribution < -0.4 is 0 Å². The molecule has 1 atom stereocenters. The number of hydrogen-bond donors (Lipinski definition) is 0. The van der Waals surface area contributed by atoms with Crippen molar-refractivity contribution in [2.45, 2.75) is 76.9 Å². The van der Waals surface area contributed by atoms with Gasteiger partial charge in [0.2, 0.25) is 0 Å². The van der Waals surface area contributed by atoms with Crippen LogP contribution in [-0.4, -0.2) is 52.6 Å². The van der Waals surface area contributed by atoms with E-state index in [2.05, 4.69) is 45.6 Å². The van der Waals surface area contributed by atoms with E-state index in [1.165, 1.54) is 87.8 Å². The van der Waals surface area contributed by atoms with Crippen molar-refractivity contribution < 1.29 is 0 Å². The van der Waals surface area contributed by atoms with Gasteiger partial charge in [0.05, 0.1) is 10.2 Å². The average molecular weight is 418 g/mol. The van der Waals surface area contributed by atoms with Crippen LogP contribution >= 0.6 is 23.6 Å². The lowest BCUT2D eigenvalue weighted by molar-refractivity contribution is 0.0522. The van der Waals surface area contributed by atoms with Crippen molar-refractivity contribution >= 4 is 33.8 Å². The molecule has 0 N–H and O–H groups in total. The van der Waals surface area contributed by atoms with E-state index < -0.39 is 0 Å². The fraction of sp³-hybridized carbons (Fsp3) is 0.696. The number of piperazine rings is 1. The second kappa shape index (κ2) is 9.84. The Bertz CT molecular complexity index is 798. The molecule has 0 radical (unpaired) electrons. The Morgan fingerprint density at radius 3 is 2.57 bits per heavy atom. The SMILES string of the molecule is CCC(CCCn1c(=S)sc2ccccc21)N1CCN(C2CCCCC2)CC1. The predicted octanol–water partition coefficient (Wildman–Crippen LogP) is 5.94. The van der Waals surface area contributed by atoms with Gasteiger partial charge in [0.25, 0.3) is 0 Å². The molecular weight excluding hydrogens is 382 g/mol. The van der Waals surface area contributed by atoms with Gasteiger partial charge in [-0.3, -0.25) is 9.80 Å². The van der Waals surface area contributed by atoms with E-state index in [0.29, 0.717) is 0 Å². The zero-order valence-corrected chi connectivity index (χ0v) is 18.9. The van der Waals surface area contributed by atoms with Gasteiger partial charge in [0.1, 0.15) is 0 Å². The summed E-state index contributed by atoms with van der Waals surface area (Å²) in [6, 6.07) is 10.2. The van der Waals surface area contributed by atoms with Gasteiger partial charge >= 0.3 is 0 Å². The third-order valence-electron chi connectivity index (χ3n) is 6.92. The van der Waals surface area contributed by atoms with Crippen LogP contribution in [0.25, 0.3) is 10.2 Å². The summed E-state index contributed by atoms with van der Waals surface area (Å²) in [6.07, 6.45) is 11.0. The van der Waals surface area contributed by atoms with E-state index in [9.17, 15) is 0 Å². The molecule has 5 heteroatoms. The van der Waals surface area contributed by atoms with Crippen molar-refractivity contribution in [1.82, 2.24) is 14.4 Å². The molecule has 2 fully saturated rings. The lowest BCUT2D eigenvalue weighted by Gasteiger charge is -2.43. The molecule has 0 spiro atoms. The fourth-order valence-corrected chi connectivity index (χ4v) is 6.65. The summed E-state index contributed by atoms with van der Waals surface area (Å²) in [7, 11) is 0. The number of aromatic nitrogens is 1. The van der Waals surface area contributed by atoms with E-state index in [0.717, 1.165) is 22.6 Å². The molecule has 0 bridgehead atoms. The minimum atomic E-state index is 0.729. The molecular formula is C23H35N3S2. The highest BCUT2D eigenvalue weighted by Gasteiger charge is 2.27. The van der Waals surface area contributed by atoms with Crippen LogP contribution in [0, 0.1) is 3.95 Å². The fourth-order valence-electron chi connectivity index (χ4n) is 5.27. The first kappa shape index (κ1) is 20.5. The summed E-state index contributed by atoms with van der Waals surface area (Å²) < 4.78 is 4.69. The van der Waals surface area contributed by atoms with Gasteiger partial charge in [0.15, 0.2) is 3.95 Å². The van der Waals surface area contributed by atoms with Crippen LogP contribution in [0.4, 0.5) is 0 Å². The van der Waals surface area contributed by atoms with Crippen molar-refractivity contribution in [3.63, 3.8) is 0 Å². The molecule has 28 heavy (non-hydrogen) atoms. The Labute approximate surface area is 179 Å². The molecule has 1 saturated carbocycles. The quantitative estimate of drug-likeness (QED) is 0.517. The molecule has 3 nitrogen and oxygen atoms in total. The lowest BCUT2D eigenvalue weighted by Crippen LogP contribution is -2.53. The highest BCUT2D eigenvalue weighted by atomic mass is 32.1. The number of thiazole rings is 1. The van der Waals surface area contributed by atoms with Crippen molar-refractivity contribution in [1.29, 1.82) is 0 Å². The van der Waals surface area contributed by atoms with Gasteiger partial charge in [-0.05, 0) is 56.5 Å². The van der Waals surface area contributed by atoms with Gasteiger partial charge in [-0.1, -0.05) is 38.3 Å². The number of aryl methyl sites for hydroxylation is 1. The summed E-state index contributed by atoms with van der Waals surface area (Å²) in [4.78, 5) is 5.56. The molecule has 0 amide bonds. The molecule has 2 aliphatic rings. The van der Waals surface area contributed by atoms with E-state index in [4.69, 9.17) is 12.2 Å². The molecule has 154 valence electrons. The Hall–Kier alpha value is -0.750. The maximum Gasteiger partial charge on any atom is 0.162 e. The summed E-state index contributed by atoms with van der Waals surface area (Å²) in [5.74, 6) is 0. The molecule has 1 aromatic carbocycles. The highest BCUT2D eigenvalue weighted by molar-refractivity contribution is 7.73. The topological polar surface area (TPSA) is 11.4 Å². The van der Waals surface area contributed by atoms with E-state index >= 15 is 0 Å². The molecule has 1 saturated heterocycles. The van der Waals surface area contributed by atoms with Gasteiger partial charge < -0.3 is 4.57 Å². The van der Waals surface area contributed by atoms with Crippen LogP contribution in [0.5, 0.6) is 0 Å². The average Bonchev–Trinajstić information content (AvgIpc) is 3.07. The normalized spacial score (nSPS) is 21.3. The number of fused-ring (bicyclic) bond motifs is 1. The van der Waals surface area contributed by atoms with Gasteiger partial charge in [-0.25, -0.2) is 0 Å². The number of nitrogens with zero attached hydrogens (tertiary/aromatic N) is 3. The molecule has 1 aromatic heterocycles. The maximum atomic E-state index is 5.63. The molecule has 1 aliphatic carbocycles. The van der Waals surface area contributed by atoms with Crippen LogP contribution in [0.1, 0.15) is 58.3 Å². The van der Waals surface area contributed by atoms with Crippen LogP contribution in [-0.2, 0) is 6.54 Å². The molecule has 4 rings (SSSR count). The lowest BCUT2D eigenvalue weighted by atomic mass is 9.93. The summed E-state index contributed by atoms with van der Waals surface area (Å²) >= 11 is 7.37. The van der Waals surface area contributed by atoms with E-state index in [1.54, 1.807) is 11.3 Å². The summed E-state index contributed by atoms with van der Waals surface area (Å²) in [6.45, 7) is 8.50. The number of para-hydroxylation sites is 1. The maximum absolute atomic E-state index is 5.63. The minimum Gasteiger partial charge on any atom is -0.323 e. The zero-order chi connectivity index (χ0) is 19.3. The van der Waals surface area contributed by atoms with Gasteiger partial charge in [0, 0.05) is 44.8 Å². The third kappa shape index (κ3) is 4.69. The van der Waals surface area contributed by atoms with Crippen LogP contribution in [0.15, 0.2) is 24.3 Å². The second-order valence-corrected chi connectivity index (χ2v) is 10.2. The van der Waals surface area contributed by atoms with Crippen molar-refractivity contribution in [3.8, 4) is 0 Å². The smallest absolute Gasteiger partial charge is 0.162 e.